The van der Waals surface area contributed by atoms with Crippen LogP contribution in [0.5, 0.6) is 0 Å². The summed E-state index contributed by atoms with van der Waals surface area (Å²) in [6.07, 6.45) is 1.88. The molecule has 0 aromatic carbocycles. The van der Waals surface area contributed by atoms with E-state index in [2.05, 4.69) is 4.98 Å². The van der Waals surface area contributed by atoms with Crippen molar-refractivity contribution in [2.45, 2.75) is 12.5 Å². The number of Topliss-reactive ketones (excluding diaryl/α,β-unsaturated/α-hetero) is 1. The minimum absolute atomic E-state index is 0.0738. The number of ether oxygens (including phenoxy) is 1. The number of nitrogens with two attached hydrogens (primary N) is 2. The second-order valence-electron chi connectivity index (χ2n) is 4.00. The molecule has 0 saturated carbocycles. The minimum Gasteiger partial charge on any atom is -0.383 e. The van der Waals surface area contributed by atoms with E-state index in [0.29, 0.717) is 19.0 Å². The lowest BCUT2D eigenvalue weighted by Crippen LogP contribution is -2.35. The zero-order chi connectivity index (χ0) is 11.5. The quantitative estimate of drug-likeness (QED) is 0.734. The third-order valence-electron chi connectivity index (χ3n) is 2.83. The normalized spacial score (nSPS) is 24.6. The molecular formula is C11H15N3O2. The predicted molar refractivity (Wildman–Crippen MR) is 59.6 cm³/mol. The van der Waals surface area contributed by atoms with Gasteiger partial charge in [0.2, 0.25) is 0 Å². The van der Waals surface area contributed by atoms with Crippen LogP contribution in [0.25, 0.3) is 0 Å². The highest BCUT2D eigenvalue weighted by molar-refractivity contribution is 5.85. The summed E-state index contributed by atoms with van der Waals surface area (Å²) in [7, 11) is 0. The van der Waals surface area contributed by atoms with E-state index in [4.69, 9.17) is 16.2 Å². The fourth-order valence-electron chi connectivity index (χ4n) is 1.82. The summed E-state index contributed by atoms with van der Waals surface area (Å²) < 4.78 is 5.17. The summed E-state index contributed by atoms with van der Waals surface area (Å²) in [5.74, 6) is 0.271. The molecule has 1 aliphatic rings. The number of hydrogen-bond donors (Lipinski definition) is 2. The van der Waals surface area contributed by atoms with E-state index >= 15 is 0 Å². The van der Waals surface area contributed by atoms with Gasteiger partial charge in [-0.15, -0.1) is 0 Å². The summed E-state index contributed by atoms with van der Waals surface area (Å²) in [4.78, 5) is 15.9. The third-order valence-corrected chi connectivity index (χ3v) is 2.83. The molecule has 5 nitrogen and oxygen atoms in total. The maximum atomic E-state index is 11.9. The lowest BCUT2D eigenvalue weighted by atomic mass is 9.94. The zero-order valence-corrected chi connectivity index (χ0v) is 8.93. The van der Waals surface area contributed by atoms with E-state index in [1.807, 2.05) is 6.07 Å². The van der Waals surface area contributed by atoms with Crippen LogP contribution < -0.4 is 11.5 Å². The highest BCUT2D eigenvalue weighted by atomic mass is 16.5. The number of aromatic nitrogens is 1. The molecule has 0 bridgehead atoms. The van der Waals surface area contributed by atoms with Gasteiger partial charge in [-0.1, -0.05) is 6.07 Å². The van der Waals surface area contributed by atoms with Gasteiger partial charge in [0, 0.05) is 24.2 Å². The van der Waals surface area contributed by atoms with Crippen molar-refractivity contribution in [3.8, 4) is 0 Å². The second-order valence-corrected chi connectivity index (χ2v) is 4.00. The standard InChI is InChI=1S/C11H15N3O2/c12-9-6-16-5-8(9)10(15)4-7-2-1-3-14-11(7)13/h1-3,8-9H,4-6,12H2,(H2,13,14). The zero-order valence-electron chi connectivity index (χ0n) is 8.93. The Morgan fingerprint density at radius 2 is 2.38 bits per heavy atom. The highest BCUT2D eigenvalue weighted by Crippen LogP contribution is 2.17. The Morgan fingerprint density at radius 1 is 1.56 bits per heavy atom. The first kappa shape index (κ1) is 11.0. The Labute approximate surface area is 93.8 Å². The van der Waals surface area contributed by atoms with Gasteiger partial charge < -0.3 is 16.2 Å². The molecule has 1 saturated heterocycles. The summed E-state index contributed by atoms with van der Waals surface area (Å²) in [5.41, 5.74) is 12.2. The van der Waals surface area contributed by atoms with Crippen molar-refractivity contribution in [1.82, 2.24) is 4.98 Å². The number of carbonyl (C=O) groups is 1. The number of nitrogens with zero attached hydrogens (tertiary/aromatic N) is 1. The molecule has 1 aromatic rings. The SMILES string of the molecule is Nc1ncccc1CC(=O)C1COCC1N. The van der Waals surface area contributed by atoms with E-state index in [0.717, 1.165) is 5.56 Å². The second kappa shape index (κ2) is 4.59. The van der Waals surface area contributed by atoms with Crippen molar-refractivity contribution >= 4 is 11.6 Å². The van der Waals surface area contributed by atoms with E-state index in [1.54, 1.807) is 12.3 Å². The monoisotopic (exact) mass is 221 g/mol. The fraction of sp³-hybridized carbons (Fsp3) is 0.455. The van der Waals surface area contributed by atoms with Crippen molar-refractivity contribution in [3.63, 3.8) is 0 Å². The van der Waals surface area contributed by atoms with Crippen LogP contribution in [0.1, 0.15) is 5.56 Å². The smallest absolute Gasteiger partial charge is 0.144 e. The first-order valence-electron chi connectivity index (χ1n) is 5.24. The van der Waals surface area contributed by atoms with Crippen molar-refractivity contribution in [2.24, 2.45) is 11.7 Å². The van der Waals surface area contributed by atoms with Gasteiger partial charge in [0.05, 0.1) is 19.1 Å². The molecule has 1 aliphatic heterocycles. The fourth-order valence-corrected chi connectivity index (χ4v) is 1.82. The minimum atomic E-state index is -0.209. The van der Waals surface area contributed by atoms with Gasteiger partial charge in [0.15, 0.2) is 0 Å². The van der Waals surface area contributed by atoms with E-state index in [1.165, 1.54) is 0 Å². The number of nitrogen functional groups attached to an aromatic ring is 1. The molecule has 5 heteroatoms. The molecule has 0 aliphatic carbocycles. The molecule has 0 amide bonds. The van der Waals surface area contributed by atoms with E-state index in [-0.39, 0.29) is 24.2 Å². The number of carbonyl (C=O) groups excluding carboxylic acids is 1. The molecule has 1 fully saturated rings. The number of pyridine rings is 1. The van der Waals surface area contributed by atoms with Crippen LogP contribution in [0.4, 0.5) is 5.82 Å². The molecule has 0 radical (unpaired) electrons. The molecule has 2 rings (SSSR count). The average molecular weight is 221 g/mol. The van der Waals surface area contributed by atoms with Crippen molar-refractivity contribution in [2.75, 3.05) is 18.9 Å². The lowest BCUT2D eigenvalue weighted by Gasteiger charge is -2.12. The Bertz CT molecular complexity index is 395. The topological polar surface area (TPSA) is 91.2 Å². The highest BCUT2D eigenvalue weighted by Gasteiger charge is 2.31. The Kier molecular flexibility index (Phi) is 3.17. The molecule has 2 heterocycles. The van der Waals surface area contributed by atoms with Crippen LogP contribution in [0, 0.1) is 5.92 Å². The Hall–Kier alpha value is -1.46. The van der Waals surface area contributed by atoms with Gasteiger partial charge in [-0.25, -0.2) is 4.98 Å². The lowest BCUT2D eigenvalue weighted by molar-refractivity contribution is -0.122. The maximum Gasteiger partial charge on any atom is 0.144 e. The van der Waals surface area contributed by atoms with Crippen molar-refractivity contribution in [1.29, 1.82) is 0 Å². The summed E-state index contributed by atoms with van der Waals surface area (Å²) in [6, 6.07) is 3.39. The van der Waals surface area contributed by atoms with Crippen molar-refractivity contribution in [3.05, 3.63) is 23.9 Å². The van der Waals surface area contributed by atoms with Gasteiger partial charge in [0.25, 0.3) is 0 Å². The van der Waals surface area contributed by atoms with Gasteiger partial charge in [-0.2, -0.15) is 0 Å². The van der Waals surface area contributed by atoms with Crippen LogP contribution >= 0.6 is 0 Å². The number of anilines is 1. The molecule has 2 unspecified atom stereocenters. The van der Waals surface area contributed by atoms with Gasteiger partial charge in [-0.3, -0.25) is 4.79 Å². The maximum absolute atomic E-state index is 11.9. The number of hydrogen-bond acceptors (Lipinski definition) is 5. The first-order valence-corrected chi connectivity index (χ1v) is 5.24. The number of ketones is 1. The van der Waals surface area contributed by atoms with Crippen LogP contribution in [-0.4, -0.2) is 30.0 Å². The van der Waals surface area contributed by atoms with Crippen molar-refractivity contribution < 1.29 is 9.53 Å². The van der Waals surface area contributed by atoms with Crippen LogP contribution in [0.3, 0.4) is 0 Å². The molecule has 86 valence electrons. The summed E-state index contributed by atoms with van der Waals surface area (Å²) >= 11 is 0. The summed E-state index contributed by atoms with van der Waals surface area (Å²) in [5, 5.41) is 0. The molecule has 4 N–H and O–H groups in total. The Morgan fingerprint density at radius 3 is 3.00 bits per heavy atom. The van der Waals surface area contributed by atoms with Gasteiger partial charge in [-0.05, 0) is 6.07 Å². The third kappa shape index (κ3) is 2.20. The molecule has 0 spiro atoms. The van der Waals surface area contributed by atoms with E-state index in [9.17, 15) is 4.79 Å². The summed E-state index contributed by atoms with van der Waals surface area (Å²) in [6.45, 7) is 0.874. The van der Waals surface area contributed by atoms with Gasteiger partial charge >= 0.3 is 0 Å². The van der Waals surface area contributed by atoms with E-state index < -0.39 is 0 Å². The van der Waals surface area contributed by atoms with Crippen LogP contribution in [-0.2, 0) is 16.0 Å². The average Bonchev–Trinajstić information content (AvgIpc) is 2.68. The molecule has 16 heavy (non-hydrogen) atoms. The largest absolute Gasteiger partial charge is 0.383 e. The molecule has 2 atom stereocenters. The first-order chi connectivity index (χ1) is 7.68. The van der Waals surface area contributed by atoms with Crippen LogP contribution in [0.2, 0.25) is 0 Å². The Balaban J connectivity index is 2.05. The molecular weight excluding hydrogens is 206 g/mol. The number of rotatable bonds is 3. The van der Waals surface area contributed by atoms with Gasteiger partial charge in [0.1, 0.15) is 11.6 Å². The molecule has 1 aromatic heterocycles. The predicted octanol–water partition coefficient (Wildman–Crippen LogP) is -0.251. The van der Waals surface area contributed by atoms with Crippen LogP contribution in [0.15, 0.2) is 18.3 Å².